The Kier molecular flexibility index (Phi) is 7.06. The summed E-state index contributed by atoms with van der Waals surface area (Å²) < 4.78 is 38.6. The maximum Gasteiger partial charge on any atom is 0.416 e. The molecule has 0 aliphatic carbocycles. The van der Waals surface area contributed by atoms with Crippen LogP contribution in [-0.2, 0) is 23.9 Å². The Morgan fingerprint density at radius 3 is 2.46 bits per heavy atom. The number of carbonyl (C=O) groups is 1. The number of alkyl halides is 3. The van der Waals surface area contributed by atoms with E-state index < -0.39 is 17.7 Å². The Morgan fingerprint density at radius 2 is 1.85 bits per heavy atom. The molecule has 2 rings (SSSR count). The zero-order valence-corrected chi connectivity index (χ0v) is 14.6. The van der Waals surface area contributed by atoms with E-state index >= 15 is 0 Å². The van der Waals surface area contributed by atoms with Gasteiger partial charge in [0, 0.05) is 24.0 Å². The molecule has 0 aliphatic heterocycles. The Hall–Kier alpha value is -2.05. The summed E-state index contributed by atoms with van der Waals surface area (Å²) in [5, 5.41) is 12.3. The predicted molar refractivity (Wildman–Crippen MR) is 94.1 cm³/mol. The molecule has 0 radical (unpaired) electrons. The Bertz CT molecular complexity index is 735. The topological polar surface area (TPSA) is 49.3 Å². The molecule has 0 heterocycles. The smallest absolute Gasteiger partial charge is 0.416 e. The van der Waals surface area contributed by atoms with Gasteiger partial charge in [-0.05, 0) is 42.2 Å². The first-order chi connectivity index (χ1) is 12.3. The van der Waals surface area contributed by atoms with E-state index in [-0.39, 0.29) is 24.0 Å². The van der Waals surface area contributed by atoms with E-state index in [2.05, 4.69) is 5.32 Å². The van der Waals surface area contributed by atoms with Gasteiger partial charge in [0.25, 0.3) is 0 Å². The highest BCUT2D eigenvalue weighted by molar-refractivity contribution is 6.31. The molecule has 0 fully saturated rings. The molecule has 2 N–H and O–H groups in total. The zero-order chi connectivity index (χ0) is 19.2. The van der Waals surface area contributed by atoms with Gasteiger partial charge >= 0.3 is 12.1 Å². The number of hydrogen-bond acceptors (Lipinski definition) is 2. The zero-order valence-electron chi connectivity index (χ0n) is 13.9. The Balaban J connectivity index is 2.09. The van der Waals surface area contributed by atoms with Crippen LogP contribution in [0.4, 0.5) is 13.2 Å². The van der Waals surface area contributed by atoms with Crippen LogP contribution in [0.3, 0.4) is 0 Å². The van der Waals surface area contributed by atoms with Crippen molar-refractivity contribution in [3.05, 3.63) is 70.2 Å². The summed E-state index contributed by atoms with van der Waals surface area (Å²) in [5.41, 5.74) is 0.587. The largest absolute Gasteiger partial charge is 0.481 e. The highest BCUT2D eigenvalue weighted by Gasteiger charge is 2.30. The van der Waals surface area contributed by atoms with Gasteiger partial charge in [-0.3, -0.25) is 4.79 Å². The van der Waals surface area contributed by atoms with Gasteiger partial charge in [-0.1, -0.05) is 41.9 Å². The van der Waals surface area contributed by atoms with Crippen LogP contribution in [-0.4, -0.2) is 17.1 Å². The summed E-state index contributed by atoms with van der Waals surface area (Å²) >= 11 is 6.02. The van der Waals surface area contributed by atoms with Crippen molar-refractivity contribution < 1.29 is 23.1 Å². The van der Waals surface area contributed by atoms with Crippen molar-refractivity contribution in [2.24, 2.45) is 0 Å². The van der Waals surface area contributed by atoms with Crippen LogP contribution in [0.25, 0.3) is 0 Å². The number of hydrogen-bond donors (Lipinski definition) is 2. The van der Waals surface area contributed by atoms with E-state index in [4.69, 9.17) is 16.7 Å². The molecule has 3 nitrogen and oxygen atoms in total. The molecular weight excluding hydrogens is 367 g/mol. The number of halogens is 4. The van der Waals surface area contributed by atoms with E-state index in [1.807, 2.05) is 30.3 Å². The lowest BCUT2D eigenvalue weighted by molar-refractivity contribution is -0.138. The number of aliphatic carboxylic acids is 1. The highest BCUT2D eigenvalue weighted by Crippen LogP contribution is 2.31. The summed E-state index contributed by atoms with van der Waals surface area (Å²) in [6.07, 6.45) is -3.53. The molecule has 0 amide bonds. The van der Waals surface area contributed by atoms with Crippen LogP contribution < -0.4 is 5.32 Å². The third-order valence-electron chi connectivity index (χ3n) is 3.99. The maximum absolute atomic E-state index is 12.9. The quantitative estimate of drug-likeness (QED) is 0.677. The summed E-state index contributed by atoms with van der Waals surface area (Å²) in [4.78, 5) is 10.9. The van der Waals surface area contributed by atoms with Gasteiger partial charge in [-0.15, -0.1) is 0 Å². The molecule has 7 heteroatoms. The minimum atomic E-state index is -4.44. The van der Waals surface area contributed by atoms with Gasteiger partial charge in [-0.25, -0.2) is 0 Å². The van der Waals surface area contributed by atoms with Crippen molar-refractivity contribution in [2.45, 2.75) is 38.0 Å². The minimum absolute atomic E-state index is 0.0270. The lowest BCUT2D eigenvalue weighted by Gasteiger charge is -2.19. The van der Waals surface area contributed by atoms with Gasteiger partial charge in [0.05, 0.1) is 5.56 Å². The summed E-state index contributed by atoms with van der Waals surface area (Å²) in [7, 11) is 0. The standard InChI is InChI=1S/C19H19ClF3NO2/c20-17-8-6-15(19(21,22)23)11-14(17)12-24-16(7-9-18(25)26)10-13-4-2-1-3-5-13/h1-6,8,11,16,24H,7,9-10,12H2,(H,25,26). The van der Waals surface area contributed by atoms with Gasteiger partial charge in [0.15, 0.2) is 0 Å². The Morgan fingerprint density at radius 1 is 1.15 bits per heavy atom. The molecule has 2 aromatic carbocycles. The van der Waals surface area contributed by atoms with Crippen LogP contribution in [0.5, 0.6) is 0 Å². The lowest BCUT2D eigenvalue weighted by atomic mass is 10.0. The van der Waals surface area contributed by atoms with Crippen molar-refractivity contribution in [3.63, 3.8) is 0 Å². The predicted octanol–water partition coefficient (Wildman–Crippen LogP) is 4.92. The molecule has 26 heavy (non-hydrogen) atoms. The molecular formula is C19H19ClF3NO2. The van der Waals surface area contributed by atoms with E-state index in [1.165, 1.54) is 6.07 Å². The second-order valence-corrected chi connectivity index (χ2v) is 6.41. The van der Waals surface area contributed by atoms with Gasteiger partial charge in [-0.2, -0.15) is 13.2 Å². The highest BCUT2D eigenvalue weighted by atomic mass is 35.5. The van der Waals surface area contributed by atoms with Crippen LogP contribution in [0.15, 0.2) is 48.5 Å². The molecule has 0 spiro atoms. The van der Waals surface area contributed by atoms with Gasteiger partial charge in [0.1, 0.15) is 0 Å². The summed E-state index contributed by atoms with van der Waals surface area (Å²) in [5.74, 6) is -0.915. The summed E-state index contributed by atoms with van der Waals surface area (Å²) in [6.45, 7) is 0.125. The second kappa shape index (κ2) is 9.05. The average Bonchev–Trinajstić information content (AvgIpc) is 2.58. The maximum atomic E-state index is 12.9. The number of benzene rings is 2. The molecule has 0 bridgehead atoms. The van der Waals surface area contributed by atoms with Gasteiger partial charge in [0.2, 0.25) is 0 Å². The Labute approximate surface area is 154 Å². The second-order valence-electron chi connectivity index (χ2n) is 6.00. The molecule has 0 saturated heterocycles. The number of rotatable bonds is 8. The van der Waals surface area contributed by atoms with Crippen molar-refractivity contribution in [2.75, 3.05) is 0 Å². The minimum Gasteiger partial charge on any atom is -0.481 e. The third kappa shape index (κ3) is 6.35. The van der Waals surface area contributed by atoms with E-state index in [9.17, 15) is 18.0 Å². The lowest BCUT2D eigenvalue weighted by Crippen LogP contribution is -2.31. The van der Waals surface area contributed by atoms with Crippen molar-refractivity contribution in [3.8, 4) is 0 Å². The number of carboxylic acid groups (broad SMARTS) is 1. The van der Waals surface area contributed by atoms with Crippen molar-refractivity contribution in [1.82, 2.24) is 5.32 Å². The van der Waals surface area contributed by atoms with Crippen LogP contribution in [0.2, 0.25) is 5.02 Å². The van der Waals surface area contributed by atoms with Crippen molar-refractivity contribution in [1.29, 1.82) is 0 Å². The molecule has 1 atom stereocenters. The molecule has 0 aromatic heterocycles. The van der Waals surface area contributed by atoms with Crippen LogP contribution in [0.1, 0.15) is 29.5 Å². The average molecular weight is 386 g/mol. The third-order valence-corrected chi connectivity index (χ3v) is 4.35. The molecule has 1 unspecified atom stereocenters. The monoisotopic (exact) mass is 385 g/mol. The first kappa shape index (κ1) is 20.3. The van der Waals surface area contributed by atoms with E-state index in [0.29, 0.717) is 18.4 Å². The number of carboxylic acids is 1. The molecule has 140 valence electrons. The number of nitrogens with one attached hydrogen (secondary N) is 1. The van der Waals surface area contributed by atoms with E-state index in [0.717, 1.165) is 17.7 Å². The fourth-order valence-electron chi connectivity index (χ4n) is 2.61. The van der Waals surface area contributed by atoms with Gasteiger partial charge < -0.3 is 10.4 Å². The summed E-state index contributed by atoms with van der Waals surface area (Å²) in [6, 6.07) is 12.5. The van der Waals surface area contributed by atoms with Crippen LogP contribution >= 0.6 is 11.6 Å². The first-order valence-electron chi connectivity index (χ1n) is 8.10. The van der Waals surface area contributed by atoms with Crippen LogP contribution in [0, 0.1) is 0 Å². The molecule has 2 aromatic rings. The molecule has 0 saturated carbocycles. The molecule has 0 aliphatic rings. The first-order valence-corrected chi connectivity index (χ1v) is 8.48. The fourth-order valence-corrected chi connectivity index (χ4v) is 2.80. The normalized spacial score (nSPS) is 12.8. The van der Waals surface area contributed by atoms with E-state index in [1.54, 1.807) is 0 Å². The van der Waals surface area contributed by atoms with Crippen molar-refractivity contribution >= 4 is 17.6 Å². The SMILES string of the molecule is O=C(O)CCC(Cc1ccccc1)NCc1cc(C(F)(F)F)ccc1Cl. The fraction of sp³-hybridized carbons (Fsp3) is 0.316.